The molecule has 0 saturated heterocycles. The molecule has 0 aliphatic heterocycles. The summed E-state index contributed by atoms with van der Waals surface area (Å²) in [6.45, 7) is 0. The Morgan fingerprint density at radius 2 is 1.78 bits per heavy atom. The van der Waals surface area contributed by atoms with Gasteiger partial charge in [-0.1, -0.05) is 12.2 Å². The summed E-state index contributed by atoms with van der Waals surface area (Å²) in [6, 6.07) is 7.37. The molecule has 4 heteroatoms. The Morgan fingerprint density at radius 1 is 1.17 bits per heavy atom. The average Bonchev–Trinajstić information content (AvgIpc) is 2.96. The van der Waals surface area contributed by atoms with Crippen molar-refractivity contribution in [2.24, 2.45) is 23.5 Å². The highest BCUT2D eigenvalue weighted by atomic mass is 32.1. The Bertz CT molecular complexity index is 487. The van der Waals surface area contributed by atoms with Gasteiger partial charge in [0.05, 0.1) is 0 Å². The van der Waals surface area contributed by atoms with Gasteiger partial charge in [-0.25, -0.2) is 0 Å². The van der Waals surface area contributed by atoms with Gasteiger partial charge in [0.15, 0.2) is 0 Å². The van der Waals surface area contributed by atoms with Gasteiger partial charge in [0.25, 0.3) is 0 Å². The average molecular weight is 260 g/mol. The van der Waals surface area contributed by atoms with E-state index in [-0.39, 0.29) is 11.8 Å². The van der Waals surface area contributed by atoms with Crippen LogP contribution in [-0.2, 0) is 4.79 Å². The minimum Gasteiger partial charge on any atom is -0.389 e. The number of hydrogen-bond donors (Lipinski definition) is 2. The van der Waals surface area contributed by atoms with Crippen LogP contribution in [0.2, 0.25) is 0 Å². The van der Waals surface area contributed by atoms with E-state index in [0.29, 0.717) is 4.99 Å². The third kappa shape index (κ3) is 2.25. The number of thiocarbonyl (C=S) groups is 1. The molecule has 0 spiro atoms. The van der Waals surface area contributed by atoms with Crippen LogP contribution in [0.25, 0.3) is 0 Å². The zero-order chi connectivity index (χ0) is 12.7. The van der Waals surface area contributed by atoms with Gasteiger partial charge >= 0.3 is 0 Å². The van der Waals surface area contributed by atoms with Crippen molar-refractivity contribution in [1.29, 1.82) is 0 Å². The second-order valence-electron chi connectivity index (χ2n) is 5.36. The van der Waals surface area contributed by atoms with Gasteiger partial charge in [0, 0.05) is 17.2 Å². The Kier molecular flexibility index (Phi) is 2.82. The molecule has 1 amide bonds. The van der Waals surface area contributed by atoms with Crippen LogP contribution < -0.4 is 11.1 Å². The zero-order valence-electron chi connectivity index (χ0n) is 10.1. The van der Waals surface area contributed by atoms with Crippen LogP contribution >= 0.6 is 12.2 Å². The molecular formula is C14H16N2OS. The van der Waals surface area contributed by atoms with Gasteiger partial charge in [-0.05, 0) is 55.4 Å². The lowest BCUT2D eigenvalue weighted by molar-refractivity contribution is -0.120. The summed E-state index contributed by atoms with van der Waals surface area (Å²) in [4.78, 5) is 12.4. The first-order valence-corrected chi connectivity index (χ1v) is 6.75. The highest BCUT2D eigenvalue weighted by Crippen LogP contribution is 2.54. The highest BCUT2D eigenvalue weighted by molar-refractivity contribution is 7.80. The van der Waals surface area contributed by atoms with Crippen molar-refractivity contribution in [3.05, 3.63) is 29.8 Å². The van der Waals surface area contributed by atoms with Crippen LogP contribution in [0.4, 0.5) is 5.69 Å². The normalized spacial score (nSPS) is 28.6. The summed E-state index contributed by atoms with van der Waals surface area (Å²) in [5, 5.41) is 2.97. The Labute approximate surface area is 112 Å². The summed E-state index contributed by atoms with van der Waals surface area (Å²) in [7, 11) is 0. The van der Waals surface area contributed by atoms with Crippen LogP contribution in [0, 0.1) is 17.8 Å². The van der Waals surface area contributed by atoms with Gasteiger partial charge in [-0.15, -0.1) is 0 Å². The molecule has 1 aromatic carbocycles. The number of rotatable bonds is 3. The number of hydrogen-bond acceptors (Lipinski definition) is 2. The van der Waals surface area contributed by atoms with Gasteiger partial charge in [-0.2, -0.15) is 0 Å². The third-order valence-electron chi connectivity index (χ3n) is 4.05. The van der Waals surface area contributed by atoms with Crippen molar-refractivity contribution in [2.75, 3.05) is 5.32 Å². The van der Waals surface area contributed by atoms with Crippen LogP contribution in [0.5, 0.6) is 0 Å². The maximum atomic E-state index is 12.0. The van der Waals surface area contributed by atoms with Crippen LogP contribution in [0.3, 0.4) is 0 Å². The molecule has 3 N–H and O–H groups in total. The highest BCUT2D eigenvalue weighted by Gasteiger charge is 2.47. The molecule has 94 valence electrons. The second-order valence-corrected chi connectivity index (χ2v) is 5.79. The summed E-state index contributed by atoms with van der Waals surface area (Å²) in [5.41, 5.74) is 7.17. The molecule has 2 unspecified atom stereocenters. The topological polar surface area (TPSA) is 55.1 Å². The fourth-order valence-corrected chi connectivity index (χ4v) is 3.03. The molecule has 2 fully saturated rings. The summed E-state index contributed by atoms with van der Waals surface area (Å²) in [6.07, 6.45) is 3.48. The number of nitrogens with one attached hydrogen (secondary N) is 1. The smallest absolute Gasteiger partial charge is 0.227 e. The number of nitrogens with two attached hydrogens (primary N) is 1. The van der Waals surface area contributed by atoms with E-state index in [9.17, 15) is 4.79 Å². The van der Waals surface area contributed by atoms with Gasteiger partial charge < -0.3 is 11.1 Å². The first-order valence-electron chi connectivity index (χ1n) is 6.34. The molecule has 2 saturated carbocycles. The van der Waals surface area contributed by atoms with Crippen molar-refractivity contribution in [3.8, 4) is 0 Å². The van der Waals surface area contributed by atoms with Crippen molar-refractivity contribution >= 4 is 28.8 Å². The molecule has 2 aliphatic rings. The summed E-state index contributed by atoms with van der Waals surface area (Å²) >= 11 is 4.89. The summed E-state index contributed by atoms with van der Waals surface area (Å²) < 4.78 is 0. The zero-order valence-corrected chi connectivity index (χ0v) is 10.9. The molecule has 1 aromatic rings. The fourth-order valence-electron chi connectivity index (χ4n) is 2.89. The molecule has 18 heavy (non-hydrogen) atoms. The molecule has 2 aliphatic carbocycles. The number of amides is 1. The number of benzene rings is 1. The lowest BCUT2D eigenvalue weighted by Gasteiger charge is -2.12. The van der Waals surface area contributed by atoms with E-state index < -0.39 is 0 Å². The maximum absolute atomic E-state index is 12.0. The quantitative estimate of drug-likeness (QED) is 0.820. The van der Waals surface area contributed by atoms with Crippen LogP contribution in [-0.4, -0.2) is 10.9 Å². The third-order valence-corrected chi connectivity index (χ3v) is 4.29. The Hall–Kier alpha value is -1.42. The minimum atomic E-state index is 0.158. The van der Waals surface area contributed by atoms with Crippen molar-refractivity contribution in [3.63, 3.8) is 0 Å². The van der Waals surface area contributed by atoms with E-state index in [2.05, 4.69) is 5.32 Å². The number of carbonyl (C=O) groups is 1. The molecule has 3 rings (SSSR count). The maximum Gasteiger partial charge on any atom is 0.227 e. The largest absolute Gasteiger partial charge is 0.389 e. The SMILES string of the molecule is NC(=S)c1ccc(NC(=O)C2CC3CC3C2)cc1. The van der Waals surface area contributed by atoms with Crippen molar-refractivity contribution < 1.29 is 4.79 Å². The second kappa shape index (κ2) is 4.35. The number of fused-ring (bicyclic) bond motifs is 1. The van der Waals surface area contributed by atoms with Crippen molar-refractivity contribution in [2.45, 2.75) is 19.3 Å². The predicted molar refractivity (Wildman–Crippen MR) is 75.3 cm³/mol. The summed E-state index contributed by atoms with van der Waals surface area (Å²) in [5.74, 6) is 2.03. The minimum absolute atomic E-state index is 0.158. The molecule has 0 bridgehead atoms. The molecule has 3 nitrogen and oxygen atoms in total. The van der Waals surface area contributed by atoms with E-state index >= 15 is 0 Å². The molecular weight excluding hydrogens is 244 g/mol. The van der Waals surface area contributed by atoms with Crippen molar-refractivity contribution in [1.82, 2.24) is 0 Å². The van der Waals surface area contributed by atoms with Crippen LogP contribution in [0.15, 0.2) is 24.3 Å². The molecule has 0 radical (unpaired) electrons. The van der Waals surface area contributed by atoms with E-state index in [4.69, 9.17) is 18.0 Å². The predicted octanol–water partition coefficient (Wildman–Crippen LogP) is 2.31. The van der Waals surface area contributed by atoms with E-state index in [1.807, 2.05) is 24.3 Å². The molecule has 0 aromatic heterocycles. The first kappa shape index (κ1) is 11.7. The lowest BCUT2D eigenvalue weighted by atomic mass is 10.0. The fraction of sp³-hybridized carbons (Fsp3) is 0.429. The number of carbonyl (C=O) groups excluding carboxylic acids is 1. The van der Waals surface area contributed by atoms with Gasteiger partial charge in [0.1, 0.15) is 4.99 Å². The lowest BCUT2D eigenvalue weighted by Crippen LogP contribution is -2.21. The molecule has 2 atom stereocenters. The van der Waals surface area contributed by atoms with Gasteiger partial charge in [-0.3, -0.25) is 4.79 Å². The monoisotopic (exact) mass is 260 g/mol. The standard InChI is InChI=1S/C14H16N2OS/c15-13(18)8-1-3-12(4-2-8)16-14(17)11-6-9-5-10(9)7-11/h1-4,9-11H,5-7H2,(H2,15,18)(H,16,17). The number of anilines is 1. The Morgan fingerprint density at radius 3 is 2.33 bits per heavy atom. The van der Waals surface area contributed by atoms with Crippen LogP contribution in [0.1, 0.15) is 24.8 Å². The van der Waals surface area contributed by atoms with E-state index in [0.717, 1.165) is 35.9 Å². The first-order chi connectivity index (χ1) is 8.63. The molecule has 0 heterocycles. The van der Waals surface area contributed by atoms with Gasteiger partial charge in [0.2, 0.25) is 5.91 Å². The van der Waals surface area contributed by atoms with E-state index in [1.165, 1.54) is 6.42 Å². The Balaban J connectivity index is 1.61. The van der Waals surface area contributed by atoms with E-state index in [1.54, 1.807) is 0 Å².